The molecule has 0 aromatic heterocycles. The van der Waals surface area contributed by atoms with Gasteiger partial charge in [0, 0.05) is 19.0 Å². The van der Waals surface area contributed by atoms with Crippen LogP contribution in [-0.2, 0) is 9.59 Å². The quantitative estimate of drug-likeness (QED) is 0.813. The Morgan fingerprint density at radius 1 is 0.944 bits per heavy atom. The summed E-state index contributed by atoms with van der Waals surface area (Å²) in [4.78, 5) is 25.2. The van der Waals surface area contributed by atoms with Crippen molar-refractivity contribution in [3.05, 3.63) is 0 Å². The second kappa shape index (κ2) is 4.56. The van der Waals surface area contributed by atoms with E-state index < -0.39 is 5.97 Å². The lowest BCUT2D eigenvalue weighted by atomic mass is 9.97. The smallest absolute Gasteiger partial charge is 0.306 e. The van der Waals surface area contributed by atoms with E-state index in [9.17, 15) is 9.59 Å². The van der Waals surface area contributed by atoms with Crippen LogP contribution in [0.15, 0.2) is 0 Å². The van der Waals surface area contributed by atoms with E-state index in [1.165, 1.54) is 25.7 Å². The highest BCUT2D eigenvalue weighted by Gasteiger charge is 2.55. The largest absolute Gasteiger partial charge is 0.481 e. The second-order valence-electron chi connectivity index (χ2n) is 6.08. The molecule has 1 amide bonds. The summed E-state index contributed by atoms with van der Waals surface area (Å²) in [6.45, 7) is 1.29. The van der Waals surface area contributed by atoms with Gasteiger partial charge in [-0.3, -0.25) is 9.59 Å². The fourth-order valence-corrected chi connectivity index (χ4v) is 3.92. The molecule has 3 fully saturated rings. The van der Waals surface area contributed by atoms with Crippen LogP contribution < -0.4 is 0 Å². The monoisotopic (exact) mass is 251 g/mol. The average molecular weight is 251 g/mol. The number of carboxylic acid groups (broad SMARTS) is 1. The minimum Gasteiger partial charge on any atom is -0.481 e. The number of amides is 1. The predicted octanol–water partition coefficient (Wildman–Crippen LogP) is 1.75. The molecular formula is C14H21NO3. The summed E-state index contributed by atoms with van der Waals surface area (Å²) >= 11 is 0. The number of aliphatic carboxylic acids is 1. The van der Waals surface area contributed by atoms with E-state index >= 15 is 0 Å². The molecule has 18 heavy (non-hydrogen) atoms. The van der Waals surface area contributed by atoms with Crippen LogP contribution in [0.25, 0.3) is 0 Å². The Morgan fingerprint density at radius 2 is 1.50 bits per heavy atom. The molecule has 1 saturated heterocycles. The van der Waals surface area contributed by atoms with E-state index in [0.29, 0.717) is 43.7 Å². The molecule has 1 aliphatic heterocycles. The Morgan fingerprint density at radius 3 is 2.00 bits per heavy atom. The van der Waals surface area contributed by atoms with E-state index in [4.69, 9.17) is 5.11 Å². The fraction of sp³-hybridized carbons (Fsp3) is 0.857. The number of rotatable bonds is 2. The first-order valence-electron chi connectivity index (χ1n) is 7.20. The Kier molecular flexibility index (Phi) is 3.04. The van der Waals surface area contributed by atoms with Gasteiger partial charge in [0.05, 0.1) is 5.92 Å². The second-order valence-corrected chi connectivity index (χ2v) is 6.08. The SMILES string of the molecule is O=C(O)C1CCN(C(=O)C2C3CCCCC32)CC1. The molecule has 100 valence electrons. The third-order valence-electron chi connectivity index (χ3n) is 5.10. The summed E-state index contributed by atoms with van der Waals surface area (Å²) in [7, 11) is 0. The maximum atomic E-state index is 12.4. The number of carboxylic acids is 1. The van der Waals surface area contributed by atoms with Crippen molar-refractivity contribution in [3.8, 4) is 0 Å². The summed E-state index contributed by atoms with van der Waals surface area (Å²) in [5.41, 5.74) is 0. The molecule has 2 atom stereocenters. The van der Waals surface area contributed by atoms with Crippen LogP contribution in [0.2, 0.25) is 0 Å². The third kappa shape index (κ3) is 2.02. The minimum absolute atomic E-state index is 0.240. The summed E-state index contributed by atoms with van der Waals surface area (Å²) in [5, 5.41) is 8.95. The molecule has 4 nitrogen and oxygen atoms in total. The van der Waals surface area contributed by atoms with E-state index in [-0.39, 0.29) is 11.8 Å². The van der Waals surface area contributed by atoms with Gasteiger partial charge in [0.1, 0.15) is 0 Å². The number of carbonyl (C=O) groups is 2. The molecular weight excluding hydrogens is 230 g/mol. The van der Waals surface area contributed by atoms with Gasteiger partial charge in [-0.25, -0.2) is 0 Å². The van der Waals surface area contributed by atoms with E-state index in [2.05, 4.69) is 0 Å². The maximum absolute atomic E-state index is 12.4. The standard InChI is InChI=1S/C14H21NO3/c16-13(12-10-3-1-2-4-11(10)12)15-7-5-9(6-8-15)14(17)18/h9-12H,1-8H2,(H,17,18). The van der Waals surface area contributed by atoms with Gasteiger partial charge in [-0.2, -0.15) is 0 Å². The molecule has 0 aromatic carbocycles. The highest BCUT2D eigenvalue weighted by atomic mass is 16.4. The van der Waals surface area contributed by atoms with Gasteiger partial charge in [0.2, 0.25) is 5.91 Å². The number of fused-ring (bicyclic) bond motifs is 1. The van der Waals surface area contributed by atoms with Crippen molar-refractivity contribution >= 4 is 11.9 Å². The van der Waals surface area contributed by atoms with Crippen LogP contribution in [0.5, 0.6) is 0 Å². The van der Waals surface area contributed by atoms with Crippen molar-refractivity contribution in [2.75, 3.05) is 13.1 Å². The van der Waals surface area contributed by atoms with E-state index in [0.717, 1.165) is 0 Å². The lowest BCUT2D eigenvalue weighted by molar-refractivity contribution is -0.146. The fourth-order valence-electron chi connectivity index (χ4n) is 3.92. The highest BCUT2D eigenvalue weighted by molar-refractivity contribution is 5.82. The average Bonchev–Trinajstić information content (AvgIpc) is 3.12. The number of nitrogens with zero attached hydrogens (tertiary/aromatic N) is 1. The predicted molar refractivity (Wildman–Crippen MR) is 65.9 cm³/mol. The first-order valence-corrected chi connectivity index (χ1v) is 7.20. The molecule has 2 aliphatic carbocycles. The molecule has 3 aliphatic rings. The summed E-state index contributed by atoms with van der Waals surface area (Å²) in [6, 6.07) is 0. The van der Waals surface area contributed by atoms with Crippen LogP contribution in [0.4, 0.5) is 0 Å². The zero-order valence-corrected chi connectivity index (χ0v) is 10.7. The molecule has 1 N–H and O–H groups in total. The van der Waals surface area contributed by atoms with Gasteiger partial charge in [-0.05, 0) is 37.5 Å². The van der Waals surface area contributed by atoms with Crippen molar-refractivity contribution in [1.29, 1.82) is 0 Å². The van der Waals surface area contributed by atoms with Gasteiger partial charge in [-0.1, -0.05) is 12.8 Å². The molecule has 3 rings (SSSR count). The van der Waals surface area contributed by atoms with Gasteiger partial charge >= 0.3 is 5.97 Å². The highest BCUT2D eigenvalue weighted by Crippen LogP contribution is 2.56. The van der Waals surface area contributed by atoms with Crippen molar-refractivity contribution in [2.24, 2.45) is 23.7 Å². The number of hydrogen-bond donors (Lipinski definition) is 1. The first-order chi connectivity index (χ1) is 8.68. The van der Waals surface area contributed by atoms with Crippen LogP contribution in [-0.4, -0.2) is 35.0 Å². The van der Waals surface area contributed by atoms with E-state index in [1.807, 2.05) is 4.90 Å². The molecule has 1 heterocycles. The molecule has 2 saturated carbocycles. The van der Waals surface area contributed by atoms with Gasteiger partial charge in [-0.15, -0.1) is 0 Å². The first kappa shape index (κ1) is 12.0. The summed E-state index contributed by atoms with van der Waals surface area (Å²) in [6.07, 6.45) is 6.28. The minimum atomic E-state index is -0.706. The van der Waals surface area contributed by atoms with Crippen molar-refractivity contribution in [2.45, 2.75) is 38.5 Å². The van der Waals surface area contributed by atoms with Gasteiger partial charge in [0.25, 0.3) is 0 Å². The van der Waals surface area contributed by atoms with Crippen molar-refractivity contribution in [3.63, 3.8) is 0 Å². The Bertz CT molecular complexity index is 348. The lowest BCUT2D eigenvalue weighted by Gasteiger charge is -2.30. The zero-order valence-electron chi connectivity index (χ0n) is 10.7. The van der Waals surface area contributed by atoms with Gasteiger partial charge < -0.3 is 10.0 Å². The Balaban J connectivity index is 1.54. The van der Waals surface area contributed by atoms with Crippen LogP contribution >= 0.6 is 0 Å². The molecule has 0 radical (unpaired) electrons. The molecule has 0 bridgehead atoms. The Labute approximate surface area is 107 Å². The van der Waals surface area contributed by atoms with Crippen molar-refractivity contribution in [1.82, 2.24) is 4.90 Å². The number of likely N-dealkylation sites (tertiary alicyclic amines) is 1. The number of piperidine rings is 1. The van der Waals surface area contributed by atoms with Crippen LogP contribution in [0.3, 0.4) is 0 Å². The molecule has 2 unspecified atom stereocenters. The molecule has 0 spiro atoms. The maximum Gasteiger partial charge on any atom is 0.306 e. The molecule has 0 aromatic rings. The summed E-state index contributed by atoms with van der Waals surface area (Å²) in [5.74, 6) is 0.967. The Hall–Kier alpha value is -1.06. The van der Waals surface area contributed by atoms with Crippen LogP contribution in [0, 0.1) is 23.7 Å². The number of hydrogen-bond acceptors (Lipinski definition) is 2. The zero-order chi connectivity index (χ0) is 12.7. The van der Waals surface area contributed by atoms with E-state index in [1.54, 1.807) is 0 Å². The van der Waals surface area contributed by atoms with Gasteiger partial charge in [0.15, 0.2) is 0 Å². The van der Waals surface area contributed by atoms with Crippen LogP contribution in [0.1, 0.15) is 38.5 Å². The summed E-state index contributed by atoms with van der Waals surface area (Å²) < 4.78 is 0. The topological polar surface area (TPSA) is 57.6 Å². The third-order valence-corrected chi connectivity index (χ3v) is 5.10. The molecule has 4 heteroatoms. The number of carbonyl (C=O) groups excluding carboxylic acids is 1. The van der Waals surface area contributed by atoms with Crippen molar-refractivity contribution < 1.29 is 14.7 Å². The lowest BCUT2D eigenvalue weighted by Crippen LogP contribution is -2.41. The normalized spacial score (nSPS) is 36.0.